The Kier molecular flexibility index (Phi) is 2.96. The maximum atomic E-state index is 11.9. The molecule has 0 saturated carbocycles. The Morgan fingerprint density at radius 3 is 3.00 bits per heavy atom. The summed E-state index contributed by atoms with van der Waals surface area (Å²) in [5.41, 5.74) is 0.459. The normalized spacial score (nSPS) is 18.8. The van der Waals surface area contributed by atoms with Gasteiger partial charge in [-0.2, -0.15) is 0 Å². The van der Waals surface area contributed by atoms with Gasteiger partial charge in [0.25, 0.3) is 0 Å². The topological polar surface area (TPSA) is 63.6 Å². The van der Waals surface area contributed by atoms with Gasteiger partial charge in [0, 0.05) is 4.47 Å². The summed E-state index contributed by atoms with van der Waals surface area (Å²) < 4.78 is 6.20. The van der Waals surface area contributed by atoms with Crippen LogP contribution in [-0.2, 0) is 4.79 Å². The minimum atomic E-state index is -0.984. The number of Topliss-reactive ketones (excluding diaryl/α,β-unsaturated/α-hetero) is 1. The number of halogens is 1. The fraction of sp³-hybridized carbons (Fsp3) is 0.273. The van der Waals surface area contributed by atoms with Crippen LogP contribution in [0.2, 0.25) is 0 Å². The van der Waals surface area contributed by atoms with Crippen LogP contribution in [0.1, 0.15) is 16.8 Å². The molecule has 0 aliphatic carbocycles. The second-order valence-corrected chi connectivity index (χ2v) is 4.53. The van der Waals surface area contributed by atoms with Crippen molar-refractivity contribution in [2.75, 3.05) is 6.61 Å². The zero-order valence-electron chi connectivity index (χ0n) is 8.27. The number of carboxylic acid groups (broad SMARTS) is 1. The van der Waals surface area contributed by atoms with Crippen LogP contribution < -0.4 is 4.74 Å². The van der Waals surface area contributed by atoms with Crippen LogP contribution >= 0.6 is 15.9 Å². The van der Waals surface area contributed by atoms with Crippen LogP contribution in [0.3, 0.4) is 0 Å². The van der Waals surface area contributed by atoms with Crippen molar-refractivity contribution < 1.29 is 19.4 Å². The predicted octanol–water partition coefficient (Wildman–Crippen LogP) is 2.12. The second-order valence-electron chi connectivity index (χ2n) is 3.61. The highest BCUT2D eigenvalue weighted by Crippen LogP contribution is 2.31. The molecule has 0 spiro atoms. The van der Waals surface area contributed by atoms with E-state index < -0.39 is 11.9 Å². The van der Waals surface area contributed by atoms with Crippen molar-refractivity contribution in [2.24, 2.45) is 5.92 Å². The van der Waals surface area contributed by atoms with Crippen LogP contribution in [0.4, 0.5) is 0 Å². The Morgan fingerprint density at radius 1 is 1.56 bits per heavy atom. The molecule has 1 heterocycles. The standard InChI is InChI=1S/C11H9BrO4/c12-7-1-2-8-9(4-7)16-5-6(11(8)15)3-10(13)14/h1-2,4,6H,3,5H2,(H,13,14). The number of carboxylic acids is 1. The van der Waals surface area contributed by atoms with E-state index in [9.17, 15) is 9.59 Å². The van der Waals surface area contributed by atoms with Crippen LogP contribution in [0.5, 0.6) is 5.75 Å². The molecule has 0 aromatic heterocycles. The van der Waals surface area contributed by atoms with Gasteiger partial charge in [-0.15, -0.1) is 0 Å². The maximum Gasteiger partial charge on any atom is 0.304 e. The summed E-state index contributed by atoms with van der Waals surface area (Å²) in [5.74, 6) is -1.20. The van der Waals surface area contributed by atoms with E-state index in [2.05, 4.69) is 15.9 Å². The first-order valence-electron chi connectivity index (χ1n) is 4.76. The predicted molar refractivity (Wildman–Crippen MR) is 59.7 cm³/mol. The molecule has 1 N–H and O–H groups in total. The summed E-state index contributed by atoms with van der Waals surface area (Å²) in [6.45, 7) is 0.134. The molecule has 2 rings (SSSR count). The molecular weight excluding hydrogens is 276 g/mol. The van der Waals surface area contributed by atoms with Gasteiger partial charge in [-0.25, -0.2) is 0 Å². The molecule has 0 fully saturated rings. The number of carbonyl (C=O) groups excluding carboxylic acids is 1. The maximum absolute atomic E-state index is 11.9. The van der Waals surface area contributed by atoms with Gasteiger partial charge < -0.3 is 9.84 Å². The van der Waals surface area contributed by atoms with E-state index in [1.54, 1.807) is 18.2 Å². The van der Waals surface area contributed by atoms with Crippen molar-refractivity contribution in [2.45, 2.75) is 6.42 Å². The number of rotatable bonds is 2. The molecule has 0 radical (unpaired) electrons. The number of fused-ring (bicyclic) bond motifs is 1. The largest absolute Gasteiger partial charge is 0.492 e. The molecule has 0 bridgehead atoms. The van der Waals surface area contributed by atoms with Gasteiger partial charge in [0.1, 0.15) is 5.75 Å². The van der Waals surface area contributed by atoms with Gasteiger partial charge in [0.15, 0.2) is 5.78 Å². The summed E-state index contributed by atoms with van der Waals surface area (Å²) >= 11 is 3.28. The number of carbonyl (C=O) groups is 2. The molecule has 4 nitrogen and oxygen atoms in total. The van der Waals surface area contributed by atoms with Crippen LogP contribution in [-0.4, -0.2) is 23.5 Å². The molecule has 16 heavy (non-hydrogen) atoms. The summed E-state index contributed by atoms with van der Waals surface area (Å²) in [6.07, 6.45) is -0.186. The Hall–Kier alpha value is -1.36. The third-order valence-corrected chi connectivity index (χ3v) is 2.93. The fourth-order valence-corrected chi connectivity index (χ4v) is 2.01. The molecule has 1 unspecified atom stereocenters. The van der Waals surface area contributed by atoms with Crippen LogP contribution in [0.25, 0.3) is 0 Å². The van der Waals surface area contributed by atoms with Gasteiger partial charge in [0.2, 0.25) is 0 Å². The molecule has 0 amide bonds. The van der Waals surface area contributed by atoms with Crippen LogP contribution in [0.15, 0.2) is 22.7 Å². The monoisotopic (exact) mass is 284 g/mol. The number of aliphatic carboxylic acids is 1. The number of ketones is 1. The molecule has 1 atom stereocenters. The highest BCUT2D eigenvalue weighted by atomic mass is 79.9. The fourth-order valence-electron chi connectivity index (χ4n) is 1.67. The average molecular weight is 285 g/mol. The first-order valence-corrected chi connectivity index (χ1v) is 5.55. The van der Waals surface area contributed by atoms with E-state index in [4.69, 9.17) is 9.84 Å². The van der Waals surface area contributed by atoms with Crippen LogP contribution in [0, 0.1) is 5.92 Å². The van der Waals surface area contributed by atoms with Gasteiger partial charge in [-0.1, -0.05) is 15.9 Å². The van der Waals surface area contributed by atoms with Crippen molar-refractivity contribution in [1.82, 2.24) is 0 Å². The van der Waals surface area contributed by atoms with Crippen molar-refractivity contribution in [1.29, 1.82) is 0 Å². The number of hydrogen-bond donors (Lipinski definition) is 1. The molecule has 5 heteroatoms. The summed E-state index contributed by atoms with van der Waals surface area (Å²) in [4.78, 5) is 22.5. The van der Waals surface area contributed by atoms with Gasteiger partial charge >= 0.3 is 5.97 Å². The first-order chi connectivity index (χ1) is 7.58. The minimum absolute atomic E-state index is 0.134. The molecule has 84 valence electrons. The minimum Gasteiger partial charge on any atom is -0.492 e. The molecule has 0 saturated heterocycles. The third-order valence-electron chi connectivity index (χ3n) is 2.44. The summed E-state index contributed by atoms with van der Waals surface area (Å²) in [5, 5.41) is 8.66. The Morgan fingerprint density at radius 2 is 2.31 bits per heavy atom. The lowest BCUT2D eigenvalue weighted by Crippen LogP contribution is -2.29. The van der Waals surface area contributed by atoms with E-state index in [0.29, 0.717) is 11.3 Å². The lowest BCUT2D eigenvalue weighted by molar-refractivity contribution is -0.138. The highest BCUT2D eigenvalue weighted by molar-refractivity contribution is 9.10. The highest BCUT2D eigenvalue weighted by Gasteiger charge is 2.30. The summed E-state index contributed by atoms with van der Waals surface area (Å²) in [6, 6.07) is 5.10. The SMILES string of the molecule is O=C(O)CC1COc2cc(Br)ccc2C1=O. The third kappa shape index (κ3) is 2.09. The molecule has 1 aliphatic heterocycles. The van der Waals surface area contributed by atoms with Crippen molar-refractivity contribution in [3.63, 3.8) is 0 Å². The number of ether oxygens (including phenoxy) is 1. The molecule has 1 aromatic carbocycles. The lowest BCUT2D eigenvalue weighted by Gasteiger charge is -2.23. The van der Waals surface area contributed by atoms with Gasteiger partial charge in [0.05, 0.1) is 24.5 Å². The Bertz CT molecular complexity index is 455. The van der Waals surface area contributed by atoms with E-state index in [1.807, 2.05) is 0 Å². The van der Waals surface area contributed by atoms with Crippen molar-refractivity contribution in [3.8, 4) is 5.75 Å². The zero-order chi connectivity index (χ0) is 11.7. The quantitative estimate of drug-likeness (QED) is 0.904. The molecular formula is C11H9BrO4. The van der Waals surface area contributed by atoms with Crippen molar-refractivity contribution in [3.05, 3.63) is 28.2 Å². The zero-order valence-corrected chi connectivity index (χ0v) is 9.86. The number of hydrogen-bond acceptors (Lipinski definition) is 3. The Labute approximate surface area is 100 Å². The summed E-state index contributed by atoms with van der Waals surface area (Å²) in [7, 11) is 0. The van der Waals surface area contributed by atoms with Gasteiger partial charge in [-0.05, 0) is 18.2 Å². The van der Waals surface area contributed by atoms with Crippen molar-refractivity contribution >= 4 is 27.7 Å². The molecule has 1 aromatic rings. The Balaban J connectivity index is 2.29. The van der Waals surface area contributed by atoms with Gasteiger partial charge in [-0.3, -0.25) is 9.59 Å². The van der Waals surface area contributed by atoms with E-state index in [-0.39, 0.29) is 18.8 Å². The first kappa shape index (κ1) is 11.1. The average Bonchev–Trinajstić information content (AvgIpc) is 2.22. The smallest absolute Gasteiger partial charge is 0.304 e. The number of benzene rings is 1. The second kappa shape index (κ2) is 4.25. The molecule has 1 aliphatic rings. The van der Waals surface area contributed by atoms with E-state index >= 15 is 0 Å². The van der Waals surface area contributed by atoms with E-state index in [1.165, 1.54) is 0 Å². The lowest BCUT2D eigenvalue weighted by atomic mass is 9.92. The van der Waals surface area contributed by atoms with E-state index in [0.717, 1.165) is 4.47 Å².